The van der Waals surface area contributed by atoms with Gasteiger partial charge in [-0.05, 0) is 42.5 Å². The normalized spacial score (nSPS) is 12.5. The number of aryl methyl sites for hydroxylation is 2. The summed E-state index contributed by atoms with van der Waals surface area (Å²) >= 11 is 3.06. The zero-order valence-corrected chi connectivity index (χ0v) is 18.7. The molecule has 0 radical (unpaired) electrons. The molecule has 0 unspecified atom stereocenters. The first kappa shape index (κ1) is 21.3. The van der Waals surface area contributed by atoms with Gasteiger partial charge in [0.25, 0.3) is 5.56 Å². The Morgan fingerprint density at radius 2 is 2.16 bits per heavy atom. The number of rotatable bonds is 8. The molecule has 3 aromatic rings. The van der Waals surface area contributed by atoms with E-state index in [1.807, 2.05) is 12.1 Å². The summed E-state index contributed by atoms with van der Waals surface area (Å²) in [5, 5.41) is 9.67. The van der Waals surface area contributed by atoms with Crippen molar-refractivity contribution in [1.82, 2.24) is 14.9 Å². The van der Waals surface area contributed by atoms with E-state index in [9.17, 15) is 9.59 Å². The quantitative estimate of drug-likeness (QED) is 0.527. The summed E-state index contributed by atoms with van der Waals surface area (Å²) in [7, 11) is 0. The number of hydrogen-bond donors (Lipinski definition) is 1. The van der Waals surface area contributed by atoms with Crippen LogP contribution in [0.1, 0.15) is 33.8 Å². The number of nitrogens with zero attached hydrogens (tertiary/aromatic N) is 3. The van der Waals surface area contributed by atoms with Crippen LogP contribution in [0.2, 0.25) is 0 Å². The molecule has 158 valence electrons. The molecule has 1 aliphatic rings. The van der Waals surface area contributed by atoms with Crippen molar-refractivity contribution in [2.24, 2.45) is 0 Å². The number of amides is 1. The van der Waals surface area contributed by atoms with Crippen LogP contribution in [0, 0.1) is 11.3 Å². The lowest BCUT2D eigenvalue weighted by atomic mass is 10.1. The molecule has 0 atom stereocenters. The summed E-state index contributed by atoms with van der Waals surface area (Å²) < 4.78 is 0. The minimum absolute atomic E-state index is 0.00668. The Bertz CT molecular complexity index is 1220. The van der Waals surface area contributed by atoms with Gasteiger partial charge in [0.1, 0.15) is 10.7 Å². The van der Waals surface area contributed by atoms with Gasteiger partial charge in [-0.25, -0.2) is 4.98 Å². The molecule has 0 fully saturated rings. The molecule has 1 N–H and O–H groups in total. The van der Waals surface area contributed by atoms with Gasteiger partial charge >= 0.3 is 0 Å². The molecule has 6 nitrogen and oxygen atoms in total. The van der Waals surface area contributed by atoms with Crippen molar-refractivity contribution in [1.29, 1.82) is 5.26 Å². The highest BCUT2D eigenvalue weighted by molar-refractivity contribution is 7.99. The average molecular weight is 451 g/mol. The van der Waals surface area contributed by atoms with Crippen LogP contribution < -0.4 is 5.56 Å². The number of aromatic amines is 1. The van der Waals surface area contributed by atoms with Crippen LogP contribution in [0.4, 0.5) is 0 Å². The van der Waals surface area contributed by atoms with Crippen molar-refractivity contribution in [3.05, 3.63) is 74.7 Å². The van der Waals surface area contributed by atoms with Gasteiger partial charge in [0, 0.05) is 18.0 Å². The zero-order valence-electron chi connectivity index (χ0n) is 17.0. The van der Waals surface area contributed by atoms with E-state index >= 15 is 0 Å². The van der Waals surface area contributed by atoms with Crippen LogP contribution in [0.3, 0.4) is 0 Å². The maximum Gasteiger partial charge on any atom is 0.259 e. The fourth-order valence-electron chi connectivity index (χ4n) is 3.76. The Morgan fingerprint density at radius 1 is 1.35 bits per heavy atom. The number of nitriles is 1. The van der Waals surface area contributed by atoms with Crippen molar-refractivity contribution in [2.75, 3.05) is 12.3 Å². The van der Waals surface area contributed by atoms with E-state index in [-0.39, 0.29) is 17.2 Å². The molecule has 1 aliphatic carbocycles. The highest BCUT2D eigenvalue weighted by Gasteiger charge is 2.21. The topological polar surface area (TPSA) is 89.8 Å². The van der Waals surface area contributed by atoms with Crippen LogP contribution in [0.25, 0.3) is 10.2 Å². The van der Waals surface area contributed by atoms with E-state index < -0.39 is 0 Å². The standard InChI is InChI=1S/C23H22N4O2S2/c1-2-10-27(12-16-8-6-15(11-24)7-9-16)20(28)14-30-13-19-25-22(29)21-17-4-3-5-18(17)31-23(21)26-19/h2,6-9H,1,3-5,10,12-14H2,(H,25,26,29). The van der Waals surface area contributed by atoms with Crippen molar-refractivity contribution in [2.45, 2.75) is 31.6 Å². The zero-order chi connectivity index (χ0) is 21.8. The summed E-state index contributed by atoms with van der Waals surface area (Å²) in [6.07, 6.45) is 4.81. The highest BCUT2D eigenvalue weighted by atomic mass is 32.2. The minimum atomic E-state index is -0.0690. The van der Waals surface area contributed by atoms with Crippen molar-refractivity contribution in [3.8, 4) is 6.07 Å². The molecule has 4 rings (SSSR count). The van der Waals surface area contributed by atoms with Gasteiger partial charge in [-0.1, -0.05) is 18.2 Å². The lowest BCUT2D eigenvalue weighted by molar-refractivity contribution is -0.128. The number of nitrogens with one attached hydrogen (secondary N) is 1. The summed E-state index contributed by atoms with van der Waals surface area (Å²) in [6.45, 7) is 4.65. The molecule has 0 aliphatic heterocycles. The van der Waals surface area contributed by atoms with Gasteiger partial charge in [0.2, 0.25) is 5.91 Å². The van der Waals surface area contributed by atoms with E-state index in [4.69, 9.17) is 5.26 Å². The van der Waals surface area contributed by atoms with E-state index in [2.05, 4.69) is 22.6 Å². The Morgan fingerprint density at radius 3 is 2.90 bits per heavy atom. The van der Waals surface area contributed by atoms with Gasteiger partial charge in [0.15, 0.2) is 0 Å². The van der Waals surface area contributed by atoms with Gasteiger partial charge in [-0.2, -0.15) is 5.26 Å². The number of fused-ring (bicyclic) bond motifs is 3. The molecule has 1 aromatic carbocycles. The Labute approximate surface area is 188 Å². The number of carbonyl (C=O) groups excluding carboxylic acids is 1. The number of hydrogen-bond acceptors (Lipinski definition) is 6. The molecule has 0 saturated carbocycles. The van der Waals surface area contributed by atoms with Gasteiger partial charge in [0.05, 0.1) is 28.5 Å². The van der Waals surface area contributed by atoms with Crippen LogP contribution >= 0.6 is 23.1 Å². The first-order valence-corrected chi connectivity index (χ1v) is 12.0. The first-order chi connectivity index (χ1) is 15.1. The molecule has 0 bridgehead atoms. The van der Waals surface area contributed by atoms with Crippen LogP contribution in [0.5, 0.6) is 0 Å². The van der Waals surface area contributed by atoms with Crippen molar-refractivity contribution in [3.63, 3.8) is 0 Å². The Hall–Kier alpha value is -2.89. The van der Waals surface area contributed by atoms with E-state index in [1.165, 1.54) is 22.2 Å². The van der Waals surface area contributed by atoms with Crippen molar-refractivity contribution < 1.29 is 4.79 Å². The van der Waals surface area contributed by atoms with Gasteiger partial charge in [-0.15, -0.1) is 29.7 Å². The summed E-state index contributed by atoms with van der Waals surface area (Å²) in [6, 6.07) is 9.31. The molecule has 2 heterocycles. The number of carbonyl (C=O) groups is 1. The third-order valence-electron chi connectivity index (χ3n) is 5.25. The summed E-state index contributed by atoms with van der Waals surface area (Å²) in [4.78, 5) is 36.7. The second-order valence-electron chi connectivity index (χ2n) is 7.41. The first-order valence-electron chi connectivity index (χ1n) is 10.1. The van der Waals surface area contributed by atoms with E-state index in [1.54, 1.807) is 34.4 Å². The van der Waals surface area contributed by atoms with Gasteiger partial charge in [-0.3, -0.25) is 9.59 Å². The predicted octanol–water partition coefficient (Wildman–Crippen LogP) is 3.79. The fourth-order valence-corrected chi connectivity index (χ4v) is 5.83. The highest BCUT2D eigenvalue weighted by Crippen LogP contribution is 2.34. The van der Waals surface area contributed by atoms with Crippen molar-refractivity contribution >= 4 is 39.2 Å². The molecule has 8 heteroatoms. The number of H-pyrrole nitrogens is 1. The number of benzene rings is 1. The third-order valence-corrected chi connectivity index (χ3v) is 7.36. The second kappa shape index (κ2) is 9.50. The number of aromatic nitrogens is 2. The maximum atomic E-state index is 12.7. The third kappa shape index (κ3) is 4.73. The molecule has 2 aromatic heterocycles. The molecule has 1 amide bonds. The summed E-state index contributed by atoms with van der Waals surface area (Å²) in [5.41, 5.74) is 2.66. The number of thioether (sulfide) groups is 1. The second-order valence-corrected chi connectivity index (χ2v) is 9.48. The molecule has 0 saturated heterocycles. The molecular weight excluding hydrogens is 428 g/mol. The van der Waals surface area contributed by atoms with Crippen LogP contribution in [-0.4, -0.2) is 33.1 Å². The number of thiophene rings is 1. The Balaban J connectivity index is 1.38. The van der Waals surface area contributed by atoms with Crippen LogP contribution in [-0.2, 0) is 29.9 Å². The summed E-state index contributed by atoms with van der Waals surface area (Å²) in [5.74, 6) is 1.36. The SMILES string of the molecule is C=CCN(Cc1ccc(C#N)cc1)C(=O)CSCc1nc2sc3c(c2c(=O)[nH]1)CCC3. The Kier molecular flexibility index (Phi) is 6.54. The maximum absolute atomic E-state index is 12.7. The minimum Gasteiger partial charge on any atom is -0.334 e. The van der Waals surface area contributed by atoms with Gasteiger partial charge < -0.3 is 9.88 Å². The van der Waals surface area contributed by atoms with Crippen LogP contribution in [0.15, 0.2) is 41.7 Å². The fraction of sp³-hybridized carbons (Fsp3) is 0.304. The lowest BCUT2D eigenvalue weighted by Gasteiger charge is -2.21. The average Bonchev–Trinajstić information content (AvgIpc) is 3.35. The van der Waals surface area contributed by atoms with E-state index in [0.717, 1.165) is 35.0 Å². The molecule has 0 spiro atoms. The lowest BCUT2D eigenvalue weighted by Crippen LogP contribution is -2.32. The predicted molar refractivity (Wildman–Crippen MR) is 125 cm³/mol. The molecular formula is C23H22N4O2S2. The molecule has 31 heavy (non-hydrogen) atoms. The van der Waals surface area contributed by atoms with E-state index in [0.29, 0.717) is 30.2 Å². The monoisotopic (exact) mass is 450 g/mol. The largest absolute Gasteiger partial charge is 0.334 e. The smallest absolute Gasteiger partial charge is 0.259 e.